The molecule has 2 rings (SSSR count). The highest BCUT2D eigenvalue weighted by Crippen LogP contribution is 2.50. The van der Waals surface area contributed by atoms with Crippen molar-refractivity contribution in [3.8, 4) is 0 Å². The lowest BCUT2D eigenvalue weighted by molar-refractivity contribution is 0.128. The van der Waals surface area contributed by atoms with Crippen LogP contribution in [0.15, 0.2) is 0 Å². The molecule has 33 heavy (non-hydrogen) atoms. The van der Waals surface area contributed by atoms with Gasteiger partial charge in [0.1, 0.15) is 0 Å². The minimum absolute atomic E-state index is 0.495. The normalized spacial score (nSPS) is 29.7. The molecule has 0 aliphatic heterocycles. The molecule has 2 aliphatic carbocycles. The summed E-state index contributed by atoms with van der Waals surface area (Å²) in [4.78, 5) is 0. The van der Waals surface area contributed by atoms with Crippen molar-refractivity contribution < 1.29 is 0 Å². The summed E-state index contributed by atoms with van der Waals surface area (Å²) >= 11 is 0. The summed E-state index contributed by atoms with van der Waals surface area (Å²) in [7, 11) is 0. The van der Waals surface area contributed by atoms with Crippen molar-refractivity contribution in [3.05, 3.63) is 0 Å². The molecule has 5 atom stereocenters. The highest BCUT2D eigenvalue weighted by Gasteiger charge is 2.40. The Bertz CT molecular complexity index is 445. The van der Waals surface area contributed by atoms with Crippen molar-refractivity contribution in [1.82, 2.24) is 0 Å². The molecule has 0 radical (unpaired) electrons. The minimum atomic E-state index is 0.495. The molecule has 0 heterocycles. The van der Waals surface area contributed by atoms with E-state index in [0.717, 1.165) is 53.3 Å². The van der Waals surface area contributed by atoms with Crippen LogP contribution < -0.4 is 0 Å². The van der Waals surface area contributed by atoms with Crippen molar-refractivity contribution in [1.29, 1.82) is 0 Å². The first-order valence-corrected chi connectivity index (χ1v) is 15.4. The molecule has 0 spiro atoms. The van der Waals surface area contributed by atoms with Crippen molar-refractivity contribution >= 4 is 0 Å². The van der Waals surface area contributed by atoms with Gasteiger partial charge in [0.2, 0.25) is 0 Å². The zero-order chi connectivity index (χ0) is 25.8. The van der Waals surface area contributed by atoms with E-state index in [0.29, 0.717) is 5.41 Å². The van der Waals surface area contributed by atoms with Gasteiger partial charge in [0.15, 0.2) is 0 Å². The molecule has 0 amide bonds. The standard InChI is InChI=1S/C26H50.C5H12.C2H6/c1-9-21(14-18(2)3)24-15-19(4)25(16-24)23-12-10-22(11-13-23)20(5)17-26(6,7)8;1-4-5(2)3;1-2/h18-25H,9-17H2,1-8H3;5H,4H2,1-3H3;1-2H3. The summed E-state index contributed by atoms with van der Waals surface area (Å²) in [6.07, 6.45) is 14.7. The first kappa shape index (κ1) is 33.0. The van der Waals surface area contributed by atoms with Gasteiger partial charge in [0.05, 0.1) is 0 Å². The predicted octanol–water partition coefficient (Wildman–Crippen LogP) is 11.7. The van der Waals surface area contributed by atoms with E-state index in [1.165, 1.54) is 57.8 Å². The van der Waals surface area contributed by atoms with Crippen LogP contribution in [0.5, 0.6) is 0 Å². The Morgan fingerprint density at radius 2 is 1.24 bits per heavy atom. The molecule has 0 saturated heterocycles. The third-order valence-electron chi connectivity index (χ3n) is 8.92. The van der Waals surface area contributed by atoms with Gasteiger partial charge in [-0.3, -0.25) is 0 Å². The van der Waals surface area contributed by atoms with Gasteiger partial charge < -0.3 is 0 Å². The smallest absolute Gasteiger partial charge is 0.0357 e. The Kier molecular flexibility index (Phi) is 16.6. The Morgan fingerprint density at radius 1 is 0.727 bits per heavy atom. The van der Waals surface area contributed by atoms with Gasteiger partial charge in [-0.25, -0.2) is 0 Å². The van der Waals surface area contributed by atoms with Crippen LogP contribution >= 0.6 is 0 Å². The summed E-state index contributed by atoms with van der Waals surface area (Å²) in [5.74, 6) is 8.76. The molecular weight excluding hydrogens is 396 g/mol. The molecule has 2 saturated carbocycles. The van der Waals surface area contributed by atoms with Crippen LogP contribution in [0, 0.1) is 58.7 Å². The highest BCUT2D eigenvalue weighted by atomic mass is 14.5. The molecule has 0 aromatic rings. The second-order valence-corrected chi connectivity index (χ2v) is 13.9. The quantitative estimate of drug-likeness (QED) is 0.335. The number of hydrogen-bond acceptors (Lipinski definition) is 0. The SMILES string of the molecule is CC.CCC(C)C.CCC(CC(C)C)C1CC(C)C(C2CCC(C(C)CC(C)(C)C)CC2)C1. The van der Waals surface area contributed by atoms with Crippen molar-refractivity contribution in [2.24, 2.45) is 58.7 Å². The van der Waals surface area contributed by atoms with Gasteiger partial charge in [-0.2, -0.15) is 0 Å². The summed E-state index contributed by atoms with van der Waals surface area (Å²) in [6.45, 7) is 30.3. The van der Waals surface area contributed by atoms with E-state index >= 15 is 0 Å². The van der Waals surface area contributed by atoms with Crippen LogP contribution in [-0.4, -0.2) is 0 Å². The van der Waals surface area contributed by atoms with Crippen LogP contribution in [-0.2, 0) is 0 Å². The van der Waals surface area contributed by atoms with Gasteiger partial charge in [-0.05, 0) is 110 Å². The van der Waals surface area contributed by atoms with E-state index in [1.807, 2.05) is 13.8 Å². The van der Waals surface area contributed by atoms with Gasteiger partial charge >= 0.3 is 0 Å². The first-order chi connectivity index (χ1) is 15.4. The van der Waals surface area contributed by atoms with Gasteiger partial charge in [0, 0.05) is 0 Å². The van der Waals surface area contributed by atoms with Crippen molar-refractivity contribution in [2.45, 2.75) is 154 Å². The van der Waals surface area contributed by atoms with Crippen molar-refractivity contribution in [3.63, 3.8) is 0 Å². The maximum atomic E-state index is 2.58. The molecule has 0 aromatic carbocycles. The van der Waals surface area contributed by atoms with Gasteiger partial charge in [0.25, 0.3) is 0 Å². The summed E-state index contributed by atoms with van der Waals surface area (Å²) in [6, 6.07) is 0. The van der Waals surface area contributed by atoms with Crippen molar-refractivity contribution in [2.75, 3.05) is 0 Å². The molecule has 0 N–H and O–H groups in total. The fourth-order valence-electron chi connectivity index (χ4n) is 6.95. The minimum Gasteiger partial charge on any atom is -0.0683 e. The number of hydrogen-bond donors (Lipinski definition) is 0. The molecule has 5 unspecified atom stereocenters. The fourth-order valence-corrected chi connectivity index (χ4v) is 6.95. The Balaban J connectivity index is 0.00000129. The van der Waals surface area contributed by atoms with E-state index in [9.17, 15) is 0 Å². The molecule has 200 valence electrons. The molecule has 2 aliphatic rings. The predicted molar refractivity (Wildman–Crippen MR) is 154 cm³/mol. The van der Waals surface area contributed by atoms with Gasteiger partial charge in [-0.1, -0.05) is 103 Å². The number of rotatable bonds is 8. The average Bonchev–Trinajstić information content (AvgIpc) is 3.14. The molecule has 0 bridgehead atoms. The zero-order valence-electron chi connectivity index (χ0n) is 25.8. The molecule has 2 fully saturated rings. The monoisotopic (exact) mass is 465 g/mol. The molecule has 0 aromatic heterocycles. The third-order valence-corrected chi connectivity index (χ3v) is 8.92. The van der Waals surface area contributed by atoms with E-state index in [1.54, 1.807) is 6.42 Å². The summed E-state index contributed by atoms with van der Waals surface area (Å²) < 4.78 is 0. The lowest BCUT2D eigenvalue weighted by atomic mass is 9.68. The van der Waals surface area contributed by atoms with Crippen LogP contribution in [0.2, 0.25) is 0 Å². The molecule has 0 nitrogen and oxygen atoms in total. The maximum absolute atomic E-state index is 2.58. The second-order valence-electron chi connectivity index (χ2n) is 13.9. The van der Waals surface area contributed by atoms with Crippen LogP contribution in [0.1, 0.15) is 154 Å². The largest absolute Gasteiger partial charge is 0.0683 e. The van der Waals surface area contributed by atoms with Crippen LogP contribution in [0.4, 0.5) is 0 Å². The van der Waals surface area contributed by atoms with E-state index in [2.05, 4.69) is 76.2 Å². The Hall–Kier alpha value is 0. The van der Waals surface area contributed by atoms with Crippen LogP contribution in [0.3, 0.4) is 0 Å². The topological polar surface area (TPSA) is 0 Å². The molecule has 0 heteroatoms. The lowest BCUT2D eigenvalue weighted by Gasteiger charge is -2.38. The fraction of sp³-hybridized carbons (Fsp3) is 1.00. The van der Waals surface area contributed by atoms with Crippen LogP contribution in [0.25, 0.3) is 0 Å². The molecular formula is C33H68. The average molecular weight is 465 g/mol. The van der Waals surface area contributed by atoms with E-state index in [-0.39, 0.29) is 0 Å². The maximum Gasteiger partial charge on any atom is -0.0357 e. The third kappa shape index (κ3) is 13.0. The Morgan fingerprint density at radius 3 is 1.64 bits per heavy atom. The first-order valence-electron chi connectivity index (χ1n) is 15.4. The Labute approximate surface area is 212 Å². The lowest BCUT2D eigenvalue weighted by Crippen LogP contribution is -2.27. The van der Waals surface area contributed by atoms with E-state index in [4.69, 9.17) is 0 Å². The van der Waals surface area contributed by atoms with Gasteiger partial charge in [-0.15, -0.1) is 0 Å². The summed E-state index contributed by atoms with van der Waals surface area (Å²) in [5, 5.41) is 0. The second kappa shape index (κ2) is 16.6. The van der Waals surface area contributed by atoms with E-state index < -0.39 is 0 Å². The zero-order valence-corrected chi connectivity index (χ0v) is 25.8. The highest BCUT2D eigenvalue weighted by molar-refractivity contribution is 4.91. The summed E-state index contributed by atoms with van der Waals surface area (Å²) in [5.41, 5.74) is 0.495.